The lowest BCUT2D eigenvalue weighted by Gasteiger charge is -2.17. The summed E-state index contributed by atoms with van der Waals surface area (Å²) in [7, 11) is 0. The van der Waals surface area contributed by atoms with Crippen LogP contribution in [0, 0.1) is 13.8 Å². The van der Waals surface area contributed by atoms with Crippen LogP contribution in [0.25, 0.3) is 0 Å². The Bertz CT molecular complexity index is 1320. The van der Waals surface area contributed by atoms with Crippen molar-refractivity contribution in [3.05, 3.63) is 99.0 Å². The van der Waals surface area contributed by atoms with E-state index in [1.54, 1.807) is 30.3 Å². The van der Waals surface area contributed by atoms with E-state index in [0.29, 0.717) is 15.6 Å². The number of carbonyl (C=O) groups is 2. The smallest absolute Gasteiger partial charge is 0.350 e. The van der Waals surface area contributed by atoms with Gasteiger partial charge in [-0.2, -0.15) is 13.2 Å². The molecule has 0 unspecified atom stereocenters. The molecule has 1 aliphatic rings. The number of imide groups is 1. The Balaban J connectivity index is 1.78. The van der Waals surface area contributed by atoms with Gasteiger partial charge in [-0.15, -0.1) is 0 Å². The summed E-state index contributed by atoms with van der Waals surface area (Å²) < 4.78 is 39.8. The molecule has 4 rings (SSSR count). The summed E-state index contributed by atoms with van der Waals surface area (Å²) in [5.41, 5.74) is 1.37. The summed E-state index contributed by atoms with van der Waals surface area (Å²) in [4.78, 5) is 28.3. The first-order valence-corrected chi connectivity index (χ1v) is 11.3. The van der Waals surface area contributed by atoms with Crippen LogP contribution in [-0.4, -0.2) is 11.8 Å². The van der Waals surface area contributed by atoms with E-state index in [-0.39, 0.29) is 16.3 Å². The van der Waals surface area contributed by atoms with Crippen LogP contribution in [-0.2, 0) is 15.8 Å². The second kappa shape index (κ2) is 9.19. The number of aryl methyl sites for hydroxylation is 1. The van der Waals surface area contributed by atoms with E-state index in [1.165, 1.54) is 12.1 Å². The van der Waals surface area contributed by atoms with Gasteiger partial charge in [0.1, 0.15) is 10.6 Å². The fourth-order valence-electron chi connectivity index (χ4n) is 3.41. The number of hydrogen-bond donors (Lipinski definition) is 1. The molecule has 2 amide bonds. The Morgan fingerprint density at radius 3 is 2.26 bits per heavy atom. The van der Waals surface area contributed by atoms with Crippen molar-refractivity contribution >= 4 is 46.6 Å². The number of thioether (sulfide) groups is 1. The number of alkyl halides is 3. The van der Waals surface area contributed by atoms with Crippen molar-refractivity contribution < 1.29 is 22.8 Å². The molecule has 174 valence electrons. The fraction of sp³-hybridized carbons (Fsp3) is 0.120. The second-order valence-corrected chi connectivity index (χ2v) is 9.15. The number of halogens is 4. The van der Waals surface area contributed by atoms with Crippen molar-refractivity contribution in [1.29, 1.82) is 0 Å². The average molecular weight is 503 g/mol. The van der Waals surface area contributed by atoms with Gasteiger partial charge >= 0.3 is 6.18 Å². The SMILES string of the molecule is Cc1cccc(NC2=C(Sc3ccc(Cl)cc3)C(=O)N(c3cccc(C(F)(F)F)c3)C2=O)c1C. The molecule has 3 aromatic rings. The maximum absolute atomic E-state index is 13.4. The van der Waals surface area contributed by atoms with Gasteiger partial charge in [-0.05, 0) is 73.5 Å². The topological polar surface area (TPSA) is 49.4 Å². The largest absolute Gasteiger partial charge is 0.416 e. The molecule has 0 spiro atoms. The van der Waals surface area contributed by atoms with Crippen LogP contribution < -0.4 is 10.2 Å². The van der Waals surface area contributed by atoms with Crippen molar-refractivity contribution in [1.82, 2.24) is 0 Å². The average Bonchev–Trinajstić information content (AvgIpc) is 3.01. The molecule has 9 heteroatoms. The summed E-state index contributed by atoms with van der Waals surface area (Å²) in [6.07, 6.45) is -4.62. The molecule has 0 bridgehead atoms. The Labute approximate surface area is 203 Å². The Morgan fingerprint density at radius 2 is 1.59 bits per heavy atom. The Kier molecular flexibility index (Phi) is 6.47. The van der Waals surface area contributed by atoms with Gasteiger partial charge in [0.2, 0.25) is 0 Å². The molecule has 0 saturated carbocycles. The first-order chi connectivity index (χ1) is 16.1. The van der Waals surface area contributed by atoms with Crippen LogP contribution in [0.15, 0.2) is 82.2 Å². The van der Waals surface area contributed by atoms with Crippen LogP contribution in [0.1, 0.15) is 16.7 Å². The van der Waals surface area contributed by atoms with Crippen LogP contribution in [0.3, 0.4) is 0 Å². The van der Waals surface area contributed by atoms with E-state index >= 15 is 0 Å². The number of anilines is 2. The predicted octanol–water partition coefficient (Wildman–Crippen LogP) is 6.96. The summed E-state index contributed by atoms with van der Waals surface area (Å²) >= 11 is 6.99. The molecule has 34 heavy (non-hydrogen) atoms. The highest BCUT2D eigenvalue weighted by atomic mass is 35.5. The van der Waals surface area contributed by atoms with Gasteiger partial charge in [0.15, 0.2) is 0 Å². The molecule has 3 aromatic carbocycles. The summed E-state index contributed by atoms with van der Waals surface area (Å²) in [5, 5.41) is 3.56. The third-order valence-corrected chi connectivity index (χ3v) is 6.71. The molecule has 0 atom stereocenters. The quantitative estimate of drug-likeness (QED) is 0.383. The molecule has 0 radical (unpaired) electrons. The van der Waals surface area contributed by atoms with Crippen molar-refractivity contribution in [2.45, 2.75) is 24.9 Å². The lowest BCUT2D eigenvalue weighted by molar-refractivity contribution is -0.137. The minimum absolute atomic E-state index is 0.00365. The molecule has 1 heterocycles. The zero-order chi connectivity index (χ0) is 24.6. The summed E-state index contributed by atoms with van der Waals surface area (Å²) in [6, 6.07) is 16.3. The van der Waals surface area contributed by atoms with Gasteiger partial charge < -0.3 is 5.32 Å². The van der Waals surface area contributed by atoms with Crippen LogP contribution in [0.5, 0.6) is 0 Å². The minimum atomic E-state index is -4.62. The van der Waals surface area contributed by atoms with Crippen LogP contribution >= 0.6 is 23.4 Å². The maximum Gasteiger partial charge on any atom is 0.416 e. The minimum Gasteiger partial charge on any atom is -0.350 e. The number of benzene rings is 3. The highest BCUT2D eigenvalue weighted by Gasteiger charge is 2.41. The summed E-state index contributed by atoms with van der Waals surface area (Å²) in [6.45, 7) is 3.78. The highest BCUT2D eigenvalue weighted by molar-refractivity contribution is 8.04. The van der Waals surface area contributed by atoms with Crippen molar-refractivity contribution in [2.24, 2.45) is 0 Å². The third kappa shape index (κ3) is 4.69. The van der Waals surface area contributed by atoms with Crippen LogP contribution in [0.2, 0.25) is 5.02 Å². The van der Waals surface area contributed by atoms with Gasteiger partial charge in [0.25, 0.3) is 11.8 Å². The summed E-state index contributed by atoms with van der Waals surface area (Å²) in [5.74, 6) is -1.45. The predicted molar refractivity (Wildman–Crippen MR) is 128 cm³/mol. The molecule has 0 aliphatic carbocycles. The number of rotatable bonds is 5. The third-order valence-electron chi connectivity index (χ3n) is 5.37. The maximum atomic E-state index is 13.4. The van der Waals surface area contributed by atoms with Crippen LogP contribution in [0.4, 0.5) is 24.5 Å². The van der Waals surface area contributed by atoms with E-state index in [2.05, 4.69) is 5.32 Å². The van der Waals surface area contributed by atoms with E-state index in [1.807, 2.05) is 26.0 Å². The Hall–Kier alpha value is -3.23. The number of nitrogens with zero attached hydrogens (tertiary/aromatic N) is 1. The van der Waals surface area contributed by atoms with Gasteiger partial charge in [0.05, 0.1) is 11.3 Å². The zero-order valence-corrected chi connectivity index (χ0v) is 19.6. The molecule has 4 nitrogen and oxygen atoms in total. The fourth-order valence-corrected chi connectivity index (χ4v) is 4.46. The van der Waals surface area contributed by atoms with E-state index in [4.69, 9.17) is 11.6 Å². The van der Waals surface area contributed by atoms with Gasteiger partial charge in [-0.3, -0.25) is 9.59 Å². The van der Waals surface area contributed by atoms with Gasteiger partial charge in [0, 0.05) is 15.6 Å². The standard InChI is InChI=1S/C25H18ClF3N2O2S/c1-14-5-3-8-20(15(14)2)30-21-22(34-19-11-9-17(26)10-12-19)24(33)31(23(21)32)18-7-4-6-16(13-18)25(27,28)29/h3-13,30H,1-2H3. The Morgan fingerprint density at radius 1 is 0.912 bits per heavy atom. The molecule has 0 saturated heterocycles. The van der Waals surface area contributed by atoms with E-state index in [0.717, 1.165) is 39.9 Å². The lowest BCUT2D eigenvalue weighted by Crippen LogP contribution is -2.32. The molecule has 0 fully saturated rings. The number of nitrogens with one attached hydrogen (secondary N) is 1. The van der Waals surface area contributed by atoms with Crippen molar-refractivity contribution in [3.8, 4) is 0 Å². The normalized spacial score (nSPS) is 14.2. The lowest BCUT2D eigenvalue weighted by atomic mass is 10.1. The van der Waals surface area contributed by atoms with Gasteiger partial charge in [-0.1, -0.05) is 41.6 Å². The number of carbonyl (C=O) groups excluding carboxylic acids is 2. The first-order valence-electron chi connectivity index (χ1n) is 10.1. The van der Waals surface area contributed by atoms with Crippen molar-refractivity contribution in [2.75, 3.05) is 10.2 Å². The van der Waals surface area contributed by atoms with E-state index < -0.39 is 23.6 Å². The number of amides is 2. The molecule has 0 aromatic heterocycles. The molecule has 1 aliphatic heterocycles. The first kappa shape index (κ1) is 23.9. The molecule has 1 N–H and O–H groups in total. The van der Waals surface area contributed by atoms with Gasteiger partial charge in [-0.25, -0.2) is 4.90 Å². The van der Waals surface area contributed by atoms with Crippen molar-refractivity contribution in [3.63, 3.8) is 0 Å². The zero-order valence-electron chi connectivity index (χ0n) is 18.0. The number of hydrogen-bond acceptors (Lipinski definition) is 4. The second-order valence-electron chi connectivity index (χ2n) is 7.63. The van der Waals surface area contributed by atoms with E-state index in [9.17, 15) is 22.8 Å². The monoisotopic (exact) mass is 502 g/mol. The molecular formula is C25H18ClF3N2O2S. The highest BCUT2D eigenvalue weighted by Crippen LogP contribution is 2.40. The molecular weight excluding hydrogens is 485 g/mol.